The molecule has 0 aliphatic carbocycles. The van der Waals surface area contributed by atoms with E-state index in [0.717, 1.165) is 0 Å². The molecule has 3 atom stereocenters. The lowest BCUT2D eigenvalue weighted by atomic mass is 10.0. The van der Waals surface area contributed by atoms with Crippen LogP contribution in [0.1, 0.15) is 18.4 Å². The summed E-state index contributed by atoms with van der Waals surface area (Å²) in [4.78, 5) is 52.3. The minimum atomic E-state index is -1.26. The second-order valence-electron chi connectivity index (χ2n) is 7.35. The molecule has 0 bridgehead atoms. The van der Waals surface area contributed by atoms with Crippen molar-refractivity contribution in [3.8, 4) is 5.75 Å². The van der Waals surface area contributed by atoms with Crippen LogP contribution in [0, 0.1) is 0 Å². The van der Waals surface area contributed by atoms with Crippen molar-refractivity contribution in [1.29, 1.82) is 0 Å². The van der Waals surface area contributed by atoms with Crippen LogP contribution in [-0.2, 0) is 25.6 Å². The van der Waals surface area contributed by atoms with Gasteiger partial charge >= 0.3 is 5.97 Å². The second kappa shape index (κ2) is 14.6. The number of carbonyl (C=O) groups excluding carboxylic acids is 3. The summed E-state index contributed by atoms with van der Waals surface area (Å²) in [6.07, 6.45) is 0.346. The number of carboxylic acid groups (broad SMARTS) is 1. The molecule has 11 N–H and O–H groups in total. The number of amides is 3. The molecule has 0 spiro atoms. The first kappa shape index (κ1) is 28.5. The molecule has 0 aliphatic heterocycles. The number of phenolic OH excluding ortho intramolecular Hbond substituents is 1. The average Bonchev–Trinajstić information content (AvgIpc) is 2.79. The predicted molar refractivity (Wildman–Crippen MR) is 128 cm³/mol. The van der Waals surface area contributed by atoms with Crippen LogP contribution >= 0.6 is 12.6 Å². The monoisotopic (exact) mass is 497 g/mol. The van der Waals surface area contributed by atoms with Crippen LogP contribution < -0.4 is 33.2 Å². The van der Waals surface area contributed by atoms with E-state index in [1.54, 1.807) is 12.1 Å². The van der Waals surface area contributed by atoms with Crippen molar-refractivity contribution in [2.45, 2.75) is 37.4 Å². The van der Waals surface area contributed by atoms with Crippen molar-refractivity contribution in [2.24, 2.45) is 22.2 Å². The molecule has 0 aromatic heterocycles. The summed E-state index contributed by atoms with van der Waals surface area (Å²) >= 11 is 3.91. The highest BCUT2D eigenvalue weighted by Crippen LogP contribution is 2.12. The van der Waals surface area contributed by atoms with Crippen molar-refractivity contribution in [2.75, 3.05) is 18.8 Å². The Kier molecular flexibility index (Phi) is 12.2. The maximum absolute atomic E-state index is 12.9. The van der Waals surface area contributed by atoms with E-state index < -0.39 is 48.4 Å². The molecule has 1 aromatic carbocycles. The first-order valence-electron chi connectivity index (χ1n) is 10.3. The molecule has 188 valence electrons. The van der Waals surface area contributed by atoms with E-state index in [1.807, 2.05) is 0 Å². The summed E-state index contributed by atoms with van der Waals surface area (Å²) in [6, 6.07) is 2.63. The van der Waals surface area contributed by atoms with Gasteiger partial charge in [-0.05, 0) is 30.5 Å². The zero-order valence-electron chi connectivity index (χ0n) is 18.4. The zero-order valence-corrected chi connectivity index (χ0v) is 19.3. The Labute approximate surface area is 201 Å². The van der Waals surface area contributed by atoms with Gasteiger partial charge in [0.25, 0.3) is 0 Å². The highest BCUT2D eigenvalue weighted by atomic mass is 32.1. The predicted octanol–water partition coefficient (Wildman–Crippen LogP) is -2.58. The largest absolute Gasteiger partial charge is 0.508 e. The summed E-state index contributed by atoms with van der Waals surface area (Å²) < 4.78 is 0. The zero-order chi connectivity index (χ0) is 25.7. The Bertz CT molecular complexity index is 877. The molecule has 13 nitrogen and oxygen atoms in total. The van der Waals surface area contributed by atoms with Gasteiger partial charge in [-0.1, -0.05) is 12.1 Å². The quantitative estimate of drug-likeness (QED) is 0.0567. The van der Waals surface area contributed by atoms with Gasteiger partial charge in [-0.15, -0.1) is 0 Å². The van der Waals surface area contributed by atoms with Crippen LogP contribution in [0.3, 0.4) is 0 Å². The summed E-state index contributed by atoms with van der Waals surface area (Å²) in [5.74, 6) is -3.30. The lowest BCUT2D eigenvalue weighted by Crippen LogP contribution is -2.54. The molecule has 0 saturated carbocycles. The van der Waals surface area contributed by atoms with Gasteiger partial charge in [-0.2, -0.15) is 12.6 Å². The van der Waals surface area contributed by atoms with Gasteiger partial charge in [0, 0.05) is 18.7 Å². The van der Waals surface area contributed by atoms with Crippen molar-refractivity contribution >= 4 is 42.3 Å². The normalized spacial score (nSPS) is 13.1. The molecule has 1 aromatic rings. The standard InChI is InChI=1S/C20H31N7O6S/c21-13(10-34)17(30)25-9-16(29)26-15(8-11-3-5-12(28)6-4-11)18(31)27-14(19(32)33)2-1-7-24-20(22)23/h3-6,13-15,28,34H,1-2,7-10,21H2,(H,25,30)(H,26,29)(H,27,31)(H,32,33)(H4,22,23,24). The van der Waals surface area contributed by atoms with Crippen molar-refractivity contribution in [1.82, 2.24) is 16.0 Å². The van der Waals surface area contributed by atoms with E-state index in [-0.39, 0.29) is 36.8 Å². The van der Waals surface area contributed by atoms with E-state index >= 15 is 0 Å². The third kappa shape index (κ3) is 10.9. The number of guanidine groups is 1. The maximum atomic E-state index is 12.9. The number of carboxylic acids is 1. The van der Waals surface area contributed by atoms with Crippen LogP contribution in [0.25, 0.3) is 0 Å². The van der Waals surface area contributed by atoms with Crippen LogP contribution in [0.5, 0.6) is 5.75 Å². The molecular formula is C20H31N7O6S. The Hall–Kier alpha value is -3.52. The second-order valence-corrected chi connectivity index (χ2v) is 7.71. The number of nitrogens with zero attached hydrogens (tertiary/aromatic N) is 1. The SMILES string of the molecule is NC(N)=NCCCC(NC(=O)C(Cc1ccc(O)cc1)NC(=O)CNC(=O)C(N)CS)C(=O)O. The fraction of sp³-hybridized carbons (Fsp3) is 0.450. The van der Waals surface area contributed by atoms with Crippen molar-refractivity contribution < 1.29 is 29.4 Å². The fourth-order valence-electron chi connectivity index (χ4n) is 2.74. The van der Waals surface area contributed by atoms with Gasteiger partial charge in [0.1, 0.15) is 17.8 Å². The Morgan fingerprint density at radius 2 is 1.68 bits per heavy atom. The van der Waals surface area contributed by atoms with E-state index in [2.05, 4.69) is 33.6 Å². The van der Waals surface area contributed by atoms with Gasteiger partial charge in [0.15, 0.2) is 5.96 Å². The van der Waals surface area contributed by atoms with E-state index in [9.17, 15) is 29.4 Å². The van der Waals surface area contributed by atoms with Crippen LogP contribution in [0.15, 0.2) is 29.3 Å². The van der Waals surface area contributed by atoms with Gasteiger partial charge in [0.2, 0.25) is 17.7 Å². The lowest BCUT2D eigenvalue weighted by molar-refractivity contribution is -0.142. The van der Waals surface area contributed by atoms with Gasteiger partial charge in [0.05, 0.1) is 12.6 Å². The van der Waals surface area contributed by atoms with Crippen LogP contribution in [-0.4, -0.2) is 76.8 Å². The highest BCUT2D eigenvalue weighted by molar-refractivity contribution is 7.80. The van der Waals surface area contributed by atoms with Crippen molar-refractivity contribution in [3.63, 3.8) is 0 Å². The number of hydrogen-bond donors (Lipinski definition) is 9. The third-order valence-electron chi connectivity index (χ3n) is 4.54. The summed E-state index contributed by atoms with van der Waals surface area (Å²) in [5, 5.41) is 26.1. The maximum Gasteiger partial charge on any atom is 0.326 e. The number of nitrogens with one attached hydrogen (secondary N) is 3. The fourth-order valence-corrected chi connectivity index (χ4v) is 2.90. The minimum Gasteiger partial charge on any atom is -0.508 e. The molecule has 34 heavy (non-hydrogen) atoms. The third-order valence-corrected chi connectivity index (χ3v) is 4.94. The average molecular weight is 498 g/mol. The highest BCUT2D eigenvalue weighted by Gasteiger charge is 2.27. The summed E-state index contributed by atoms with van der Waals surface area (Å²) in [7, 11) is 0. The van der Waals surface area contributed by atoms with Crippen molar-refractivity contribution in [3.05, 3.63) is 29.8 Å². The van der Waals surface area contributed by atoms with Gasteiger partial charge < -0.3 is 43.4 Å². The molecule has 14 heteroatoms. The Balaban J connectivity index is 2.88. The number of hydrogen-bond acceptors (Lipinski definition) is 8. The molecule has 0 heterocycles. The number of phenols is 1. The number of nitrogens with two attached hydrogens (primary N) is 3. The molecule has 0 aliphatic rings. The first-order chi connectivity index (χ1) is 16.0. The first-order valence-corrected chi connectivity index (χ1v) is 11.0. The smallest absolute Gasteiger partial charge is 0.326 e. The Morgan fingerprint density at radius 3 is 2.24 bits per heavy atom. The number of aliphatic carboxylic acids is 1. The topological polar surface area (TPSA) is 235 Å². The number of rotatable bonds is 14. The number of benzene rings is 1. The van der Waals surface area contributed by atoms with E-state index in [0.29, 0.717) is 12.0 Å². The molecular weight excluding hydrogens is 466 g/mol. The molecule has 0 fully saturated rings. The van der Waals surface area contributed by atoms with Crippen LogP contribution in [0.2, 0.25) is 0 Å². The van der Waals surface area contributed by atoms with Gasteiger partial charge in [-0.3, -0.25) is 19.4 Å². The number of aromatic hydroxyl groups is 1. The number of carbonyl (C=O) groups is 4. The molecule has 3 unspecified atom stereocenters. The van der Waals surface area contributed by atoms with E-state index in [4.69, 9.17) is 17.2 Å². The summed E-state index contributed by atoms with van der Waals surface area (Å²) in [5.41, 5.74) is 16.6. The lowest BCUT2D eigenvalue weighted by Gasteiger charge is -2.22. The number of aliphatic imine (C=N–C) groups is 1. The Morgan fingerprint density at radius 1 is 1.03 bits per heavy atom. The van der Waals surface area contributed by atoms with Gasteiger partial charge in [-0.25, -0.2) is 4.79 Å². The molecule has 3 amide bonds. The molecule has 1 rings (SSSR count). The molecule has 0 saturated heterocycles. The minimum absolute atomic E-state index is 0.00227. The van der Waals surface area contributed by atoms with Crippen LogP contribution in [0.4, 0.5) is 0 Å². The summed E-state index contributed by atoms with van der Waals surface area (Å²) in [6.45, 7) is -0.260. The van der Waals surface area contributed by atoms with E-state index in [1.165, 1.54) is 12.1 Å². The molecule has 0 radical (unpaired) electrons. The number of thiol groups is 1.